The van der Waals surface area contributed by atoms with Crippen LogP contribution >= 0.6 is 0 Å². The Morgan fingerprint density at radius 2 is 2.31 bits per heavy atom. The molecule has 0 atom stereocenters. The van der Waals surface area contributed by atoms with Crippen molar-refractivity contribution in [1.82, 2.24) is 19.7 Å². The Hall–Kier alpha value is -1.10. The molecule has 74 valence electrons. The summed E-state index contributed by atoms with van der Waals surface area (Å²) in [5.41, 5.74) is -0.0375. The van der Waals surface area contributed by atoms with E-state index in [4.69, 9.17) is 0 Å². The van der Waals surface area contributed by atoms with Crippen molar-refractivity contribution in [3.05, 3.63) is 16.8 Å². The van der Waals surface area contributed by atoms with E-state index in [9.17, 15) is 4.79 Å². The SMILES string of the molecule is CNCCCCn1ncn(C)c1=O. The summed E-state index contributed by atoms with van der Waals surface area (Å²) in [4.78, 5) is 11.3. The normalized spacial score (nSPS) is 10.6. The minimum Gasteiger partial charge on any atom is -0.320 e. The molecule has 0 unspecified atom stereocenters. The van der Waals surface area contributed by atoms with E-state index in [-0.39, 0.29) is 5.69 Å². The highest BCUT2D eigenvalue weighted by atomic mass is 16.2. The Morgan fingerprint density at radius 1 is 1.54 bits per heavy atom. The Kier molecular flexibility index (Phi) is 3.70. The molecule has 1 aromatic heterocycles. The van der Waals surface area contributed by atoms with Crippen molar-refractivity contribution in [2.24, 2.45) is 7.05 Å². The van der Waals surface area contributed by atoms with Gasteiger partial charge in [-0.15, -0.1) is 0 Å². The molecule has 1 aromatic rings. The summed E-state index contributed by atoms with van der Waals surface area (Å²) >= 11 is 0. The molecule has 0 radical (unpaired) electrons. The summed E-state index contributed by atoms with van der Waals surface area (Å²) in [5, 5.41) is 7.02. The fraction of sp³-hybridized carbons (Fsp3) is 0.750. The lowest BCUT2D eigenvalue weighted by Crippen LogP contribution is -2.23. The topological polar surface area (TPSA) is 51.9 Å². The zero-order valence-corrected chi connectivity index (χ0v) is 8.16. The first-order valence-electron chi connectivity index (χ1n) is 4.48. The van der Waals surface area contributed by atoms with Gasteiger partial charge in [-0.1, -0.05) is 0 Å². The average molecular weight is 184 g/mol. The van der Waals surface area contributed by atoms with Crippen LogP contribution in [-0.4, -0.2) is 27.9 Å². The van der Waals surface area contributed by atoms with Crippen LogP contribution in [0.4, 0.5) is 0 Å². The van der Waals surface area contributed by atoms with Gasteiger partial charge in [0.1, 0.15) is 6.33 Å². The molecule has 0 amide bonds. The second-order valence-corrected chi connectivity index (χ2v) is 3.06. The van der Waals surface area contributed by atoms with Gasteiger partial charge in [-0.25, -0.2) is 9.48 Å². The largest absolute Gasteiger partial charge is 0.345 e. The quantitative estimate of drug-likeness (QED) is 0.632. The number of nitrogens with one attached hydrogen (secondary N) is 1. The predicted molar refractivity (Wildman–Crippen MR) is 50.6 cm³/mol. The highest BCUT2D eigenvalue weighted by Crippen LogP contribution is 1.89. The molecule has 5 heteroatoms. The van der Waals surface area contributed by atoms with Gasteiger partial charge in [-0.2, -0.15) is 5.10 Å². The Morgan fingerprint density at radius 3 is 2.85 bits per heavy atom. The Balaban J connectivity index is 2.37. The Labute approximate surface area is 77.4 Å². The van der Waals surface area contributed by atoms with Gasteiger partial charge in [-0.05, 0) is 26.4 Å². The summed E-state index contributed by atoms with van der Waals surface area (Å²) in [6.45, 7) is 1.70. The van der Waals surface area contributed by atoms with E-state index < -0.39 is 0 Å². The minimum atomic E-state index is -0.0375. The standard InChI is InChI=1S/C8H16N4O/c1-9-5-3-4-6-12-8(13)11(2)7-10-12/h7,9H,3-6H2,1-2H3. The summed E-state index contributed by atoms with van der Waals surface area (Å²) in [6, 6.07) is 0. The van der Waals surface area contributed by atoms with Crippen molar-refractivity contribution in [3.63, 3.8) is 0 Å². The van der Waals surface area contributed by atoms with Crippen molar-refractivity contribution in [2.45, 2.75) is 19.4 Å². The first-order valence-corrected chi connectivity index (χ1v) is 4.48. The van der Waals surface area contributed by atoms with E-state index in [0.29, 0.717) is 6.54 Å². The number of hydrogen-bond acceptors (Lipinski definition) is 3. The fourth-order valence-corrected chi connectivity index (χ4v) is 1.14. The monoisotopic (exact) mass is 184 g/mol. The van der Waals surface area contributed by atoms with Crippen molar-refractivity contribution < 1.29 is 0 Å². The highest BCUT2D eigenvalue weighted by molar-refractivity contribution is 4.64. The number of hydrogen-bond donors (Lipinski definition) is 1. The molecule has 1 rings (SSSR count). The van der Waals surface area contributed by atoms with E-state index in [2.05, 4.69) is 10.4 Å². The van der Waals surface area contributed by atoms with Gasteiger partial charge < -0.3 is 5.32 Å². The van der Waals surface area contributed by atoms with Gasteiger partial charge >= 0.3 is 5.69 Å². The third-order valence-electron chi connectivity index (χ3n) is 1.93. The lowest BCUT2D eigenvalue weighted by atomic mass is 10.3. The van der Waals surface area contributed by atoms with Gasteiger partial charge in [0.2, 0.25) is 0 Å². The van der Waals surface area contributed by atoms with Crippen molar-refractivity contribution >= 4 is 0 Å². The van der Waals surface area contributed by atoms with Crippen LogP contribution < -0.4 is 11.0 Å². The molecule has 0 saturated heterocycles. The third-order valence-corrected chi connectivity index (χ3v) is 1.93. The lowest BCUT2D eigenvalue weighted by molar-refractivity contribution is 0.529. The van der Waals surface area contributed by atoms with E-state index in [0.717, 1.165) is 19.4 Å². The summed E-state index contributed by atoms with van der Waals surface area (Å²) < 4.78 is 2.98. The molecule has 0 aliphatic carbocycles. The molecule has 0 spiro atoms. The molecule has 1 heterocycles. The molecular formula is C8H16N4O. The Bertz CT molecular complexity index is 301. The smallest absolute Gasteiger partial charge is 0.320 e. The molecule has 13 heavy (non-hydrogen) atoms. The first-order chi connectivity index (χ1) is 6.25. The molecule has 0 saturated carbocycles. The van der Waals surface area contributed by atoms with Crippen molar-refractivity contribution in [2.75, 3.05) is 13.6 Å². The van der Waals surface area contributed by atoms with Gasteiger partial charge in [0, 0.05) is 13.6 Å². The lowest BCUT2D eigenvalue weighted by Gasteiger charge is -1.99. The van der Waals surface area contributed by atoms with Gasteiger partial charge in [0.15, 0.2) is 0 Å². The van der Waals surface area contributed by atoms with Crippen molar-refractivity contribution in [3.8, 4) is 0 Å². The van der Waals surface area contributed by atoms with Crippen LogP contribution in [0.2, 0.25) is 0 Å². The highest BCUT2D eigenvalue weighted by Gasteiger charge is 1.99. The summed E-state index contributed by atoms with van der Waals surface area (Å²) in [7, 11) is 3.63. The number of rotatable bonds is 5. The van der Waals surface area contributed by atoms with Gasteiger partial charge in [0.25, 0.3) is 0 Å². The summed E-state index contributed by atoms with van der Waals surface area (Å²) in [5.74, 6) is 0. The summed E-state index contributed by atoms with van der Waals surface area (Å²) in [6.07, 6.45) is 3.59. The van der Waals surface area contributed by atoms with E-state index in [1.807, 2.05) is 7.05 Å². The molecule has 0 aliphatic heterocycles. The number of nitrogens with zero attached hydrogens (tertiary/aromatic N) is 3. The van der Waals surface area contributed by atoms with E-state index >= 15 is 0 Å². The predicted octanol–water partition coefficient (Wildman–Crippen LogP) is -0.419. The maximum atomic E-state index is 11.3. The number of aromatic nitrogens is 3. The van der Waals surface area contributed by atoms with Crippen LogP contribution in [0.25, 0.3) is 0 Å². The van der Waals surface area contributed by atoms with Gasteiger partial charge in [0.05, 0.1) is 0 Å². The first kappa shape index (κ1) is 9.98. The van der Waals surface area contributed by atoms with Gasteiger partial charge in [-0.3, -0.25) is 4.57 Å². The third kappa shape index (κ3) is 2.69. The van der Waals surface area contributed by atoms with Crippen LogP contribution in [0, 0.1) is 0 Å². The number of aryl methyl sites for hydroxylation is 2. The van der Waals surface area contributed by atoms with E-state index in [1.165, 1.54) is 9.25 Å². The van der Waals surface area contributed by atoms with Crippen LogP contribution in [0.3, 0.4) is 0 Å². The van der Waals surface area contributed by atoms with Crippen LogP contribution in [0.1, 0.15) is 12.8 Å². The molecule has 0 fully saturated rings. The maximum absolute atomic E-state index is 11.3. The fourth-order valence-electron chi connectivity index (χ4n) is 1.14. The zero-order valence-electron chi connectivity index (χ0n) is 8.16. The van der Waals surface area contributed by atoms with E-state index in [1.54, 1.807) is 13.4 Å². The molecular weight excluding hydrogens is 168 g/mol. The molecule has 5 nitrogen and oxygen atoms in total. The van der Waals surface area contributed by atoms with Crippen molar-refractivity contribution in [1.29, 1.82) is 0 Å². The average Bonchev–Trinajstić information content (AvgIpc) is 2.43. The maximum Gasteiger partial charge on any atom is 0.345 e. The van der Waals surface area contributed by atoms with Crippen LogP contribution in [0.5, 0.6) is 0 Å². The second-order valence-electron chi connectivity index (χ2n) is 3.06. The molecule has 0 bridgehead atoms. The van der Waals surface area contributed by atoms with Crippen LogP contribution in [-0.2, 0) is 13.6 Å². The zero-order chi connectivity index (χ0) is 9.68. The number of unbranched alkanes of at least 4 members (excludes halogenated alkanes) is 1. The molecule has 0 aromatic carbocycles. The second kappa shape index (κ2) is 4.81. The minimum absolute atomic E-state index is 0.0375. The van der Waals surface area contributed by atoms with Crippen LogP contribution in [0.15, 0.2) is 11.1 Å². The molecule has 1 N–H and O–H groups in total. The molecule has 0 aliphatic rings.